The van der Waals surface area contributed by atoms with Gasteiger partial charge in [0.2, 0.25) is 0 Å². The number of carbonyl (C=O) groups is 1. The molecule has 0 unspecified atom stereocenters. The number of benzene rings is 2. The number of nitrogens with two attached hydrogens (primary N) is 1. The van der Waals surface area contributed by atoms with Crippen molar-refractivity contribution >= 4 is 5.97 Å². The largest absolute Gasteiger partial charge is 0.586 e. The van der Waals surface area contributed by atoms with Crippen molar-refractivity contribution in [1.82, 2.24) is 4.57 Å². The van der Waals surface area contributed by atoms with Gasteiger partial charge >= 0.3 is 12.3 Å². The molecule has 0 saturated carbocycles. The van der Waals surface area contributed by atoms with Gasteiger partial charge in [-0.1, -0.05) is 12.1 Å². The van der Waals surface area contributed by atoms with Crippen molar-refractivity contribution in [3.8, 4) is 40.3 Å². The summed E-state index contributed by atoms with van der Waals surface area (Å²) in [5, 5.41) is 9.02. The molecule has 0 saturated heterocycles. The fourth-order valence-electron chi connectivity index (χ4n) is 2.95. The Labute approximate surface area is 157 Å². The van der Waals surface area contributed by atoms with E-state index in [1.54, 1.807) is 41.2 Å². The molecule has 0 aliphatic carbocycles. The minimum Gasteiger partial charge on any atom is -0.478 e. The normalized spacial score (nSPS) is 13.6. The summed E-state index contributed by atoms with van der Waals surface area (Å²) in [5.41, 5.74) is 7.52. The predicted octanol–water partition coefficient (Wildman–Crippen LogP) is 3.43. The molecule has 8 heteroatoms. The standard InChI is InChI=1S/C20H12F2N2O4/c21-20(22)27-17-3-1-2-15(18(17)28-20)16-11-24(10-13(16)8-9-23)14-6-4-12(5-7-14)19(25)26/h1-7,10-11H,23H2,(H,25,26). The van der Waals surface area contributed by atoms with Crippen molar-refractivity contribution in [2.75, 3.05) is 0 Å². The van der Waals surface area contributed by atoms with E-state index in [0.717, 1.165) is 0 Å². The highest BCUT2D eigenvalue weighted by molar-refractivity contribution is 5.87. The fraction of sp³-hybridized carbons (Fsp3) is 0.0500. The molecule has 0 spiro atoms. The zero-order chi connectivity index (χ0) is 19.9. The van der Waals surface area contributed by atoms with Crippen molar-refractivity contribution in [2.24, 2.45) is 5.73 Å². The minimum absolute atomic E-state index is 0.0762. The number of carboxylic acid groups (broad SMARTS) is 1. The van der Waals surface area contributed by atoms with Crippen LogP contribution in [0.1, 0.15) is 15.9 Å². The maximum Gasteiger partial charge on any atom is 0.586 e. The van der Waals surface area contributed by atoms with E-state index in [9.17, 15) is 13.6 Å². The third kappa shape index (κ3) is 2.99. The molecule has 2 aromatic carbocycles. The van der Waals surface area contributed by atoms with E-state index in [2.05, 4.69) is 21.4 Å². The Kier molecular flexibility index (Phi) is 3.93. The molecule has 140 valence electrons. The lowest BCUT2D eigenvalue weighted by atomic mass is 10.0. The number of aromatic nitrogens is 1. The first kappa shape index (κ1) is 17.4. The van der Waals surface area contributed by atoms with Crippen molar-refractivity contribution in [2.45, 2.75) is 6.29 Å². The molecule has 1 aromatic heterocycles. The van der Waals surface area contributed by atoms with Crippen LogP contribution in [0, 0.1) is 12.0 Å². The van der Waals surface area contributed by atoms with E-state index in [-0.39, 0.29) is 17.1 Å². The summed E-state index contributed by atoms with van der Waals surface area (Å²) >= 11 is 0. The van der Waals surface area contributed by atoms with Gasteiger partial charge in [0.25, 0.3) is 0 Å². The Morgan fingerprint density at radius 1 is 1.07 bits per heavy atom. The quantitative estimate of drug-likeness (QED) is 0.535. The Morgan fingerprint density at radius 3 is 2.50 bits per heavy atom. The van der Waals surface area contributed by atoms with E-state index in [1.807, 2.05) is 0 Å². The van der Waals surface area contributed by atoms with Crippen LogP contribution in [-0.4, -0.2) is 21.9 Å². The average Bonchev–Trinajstić information content (AvgIpc) is 3.21. The van der Waals surface area contributed by atoms with E-state index in [1.165, 1.54) is 18.2 Å². The number of ether oxygens (including phenoxy) is 2. The van der Waals surface area contributed by atoms with Crippen molar-refractivity contribution in [3.63, 3.8) is 0 Å². The van der Waals surface area contributed by atoms with Gasteiger partial charge in [-0.3, -0.25) is 0 Å². The Balaban J connectivity index is 1.82. The number of hydrogen-bond donors (Lipinski definition) is 2. The zero-order valence-electron chi connectivity index (χ0n) is 14.1. The van der Waals surface area contributed by atoms with Gasteiger partial charge in [-0.05, 0) is 36.3 Å². The highest BCUT2D eigenvalue weighted by Gasteiger charge is 2.44. The summed E-state index contributed by atoms with van der Waals surface area (Å²) in [7, 11) is 0. The number of hydrogen-bond acceptors (Lipinski definition) is 4. The number of rotatable bonds is 3. The van der Waals surface area contributed by atoms with Gasteiger partial charge in [0.05, 0.1) is 11.1 Å². The number of carboxylic acids is 1. The van der Waals surface area contributed by atoms with Crippen LogP contribution in [-0.2, 0) is 0 Å². The molecule has 2 heterocycles. The van der Waals surface area contributed by atoms with E-state index in [0.29, 0.717) is 22.4 Å². The number of para-hydroxylation sites is 1. The minimum atomic E-state index is -3.74. The molecule has 1 aliphatic rings. The molecular formula is C20H12F2N2O4. The van der Waals surface area contributed by atoms with Crippen LogP contribution in [0.5, 0.6) is 11.5 Å². The average molecular weight is 382 g/mol. The van der Waals surface area contributed by atoms with E-state index in [4.69, 9.17) is 10.8 Å². The summed E-state index contributed by atoms with van der Waals surface area (Å²) in [5.74, 6) is 1.53. The molecule has 28 heavy (non-hydrogen) atoms. The predicted molar refractivity (Wildman–Crippen MR) is 95.4 cm³/mol. The first-order chi connectivity index (χ1) is 13.4. The molecule has 0 atom stereocenters. The third-order valence-corrected chi connectivity index (χ3v) is 4.16. The monoisotopic (exact) mass is 382 g/mol. The topological polar surface area (TPSA) is 86.7 Å². The highest BCUT2D eigenvalue weighted by atomic mass is 19.3. The second-order valence-corrected chi connectivity index (χ2v) is 5.91. The number of fused-ring (bicyclic) bond motifs is 1. The second-order valence-electron chi connectivity index (χ2n) is 5.91. The molecule has 3 aromatic rings. The number of aromatic carboxylic acids is 1. The fourth-order valence-corrected chi connectivity index (χ4v) is 2.95. The molecule has 0 radical (unpaired) electrons. The Morgan fingerprint density at radius 2 is 1.82 bits per heavy atom. The summed E-state index contributed by atoms with van der Waals surface area (Å²) in [6.07, 6.45) is -0.406. The zero-order valence-corrected chi connectivity index (χ0v) is 14.1. The van der Waals surface area contributed by atoms with Gasteiger partial charge in [-0.2, -0.15) is 0 Å². The first-order valence-electron chi connectivity index (χ1n) is 8.04. The van der Waals surface area contributed by atoms with Crippen LogP contribution in [0.15, 0.2) is 54.9 Å². The van der Waals surface area contributed by atoms with Gasteiger partial charge < -0.3 is 24.9 Å². The number of halogens is 2. The molecule has 0 bridgehead atoms. The van der Waals surface area contributed by atoms with Crippen LogP contribution in [0.25, 0.3) is 16.8 Å². The Bertz CT molecular complexity index is 1140. The SMILES string of the molecule is NC#Cc1cn(-c2ccc(C(=O)O)cc2)cc1-c1cccc2c1OC(F)(F)O2. The highest BCUT2D eigenvalue weighted by Crippen LogP contribution is 2.47. The molecule has 6 nitrogen and oxygen atoms in total. The third-order valence-electron chi connectivity index (χ3n) is 4.16. The maximum absolute atomic E-state index is 13.5. The lowest BCUT2D eigenvalue weighted by Crippen LogP contribution is -2.26. The number of nitrogens with zero attached hydrogens (tertiary/aromatic N) is 1. The summed E-state index contributed by atoms with van der Waals surface area (Å²) in [4.78, 5) is 11.0. The van der Waals surface area contributed by atoms with Gasteiger partial charge in [0, 0.05) is 35.3 Å². The van der Waals surface area contributed by atoms with Gasteiger partial charge in [0.1, 0.15) is 0 Å². The van der Waals surface area contributed by atoms with Crippen molar-refractivity contribution < 1.29 is 28.2 Å². The van der Waals surface area contributed by atoms with Gasteiger partial charge in [-0.25, -0.2) is 4.79 Å². The van der Waals surface area contributed by atoms with Crippen LogP contribution in [0.4, 0.5) is 8.78 Å². The molecular weight excluding hydrogens is 370 g/mol. The second kappa shape index (κ2) is 6.32. The molecule has 3 N–H and O–H groups in total. The summed E-state index contributed by atoms with van der Waals surface area (Å²) in [6, 6.07) is 13.0. The van der Waals surface area contributed by atoms with Crippen LogP contribution >= 0.6 is 0 Å². The summed E-state index contributed by atoms with van der Waals surface area (Å²) in [6.45, 7) is 0. The molecule has 0 fully saturated rings. The maximum atomic E-state index is 13.5. The number of alkyl halides is 2. The van der Waals surface area contributed by atoms with Crippen LogP contribution in [0.2, 0.25) is 0 Å². The molecule has 4 rings (SSSR count). The van der Waals surface area contributed by atoms with Crippen molar-refractivity contribution in [3.05, 3.63) is 66.0 Å². The van der Waals surface area contributed by atoms with Crippen LogP contribution < -0.4 is 15.2 Å². The first-order valence-corrected chi connectivity index (χ1v) is 8.04. The van der Waals surface area contributed by atoms with Gasteiger partial charge in [-0.15, -0.1) is 8.78 Å². The Hall–Kier alpha value is -3.99. The lowest BCUT2D eigenvalue weighted by molar-refractivity contribution is -0.286. The smallest absolute Gasteiger partial charge is 0.478 e. The van der Waals surface area contributed by atoms with Gasteiger partial charge in [0.15, 0.2) is 11.5 Å². The van der Waals surface area contributed by atoms with E-state index < -0.39 is 12.3 Å². The lowest BCUT2D eigenvalue weighted by Gasteiger charge is -2.07. The molecule has 1 aliphatic heterocycles. The molecule has 0 amide bonds. The summed E-state index contributed by atoms with van der Waals surface area (Å²) < 4.78 is 37.9. The van der Waals surface area contributed by atoms with E-state index >= 15 is 0 Å². The van der Waals surface area contributed by atoms with Crippen molar-refractivity contribution in [1.29, 1.82) is 0 Å². The van der Waals surface area contributed by atoms with Crippen LogP contribution in [0.3, 0.4) is 0 Å².